The molecule has 1 aliphatic heterocycles. The highest BCUT2D eigenvalue weighted by Gasteiger charge is 2.46. The highest BCUT2D eigenvalue weighted by Crippen LogP contribution is 2.44. The van der Waals surface area contributed by atoms with Crippen molar-refractivity contribution >= 4 is 10.0 Å². The van der Waals surface area contributed by atoms with Gasteiger partial charge in [-0.15, -0.1) is 0 Å². The minimum absolute atomic E-state index is 0.00994. The summed E-state index contributed by atoms with van der Waals surface area (Å²) in [5.74, 6) is 0.452. The number of fused-ring (bicyclic) bond motifs is 1. The predicted octanol–water partition coefficient (Wildman–Crippen LogP) is 2.97. The van der Waals surface area contributed by atoms with Crippen molar-refractivity contribution in [1.82, 2.24) is 4.31 Å². The van der Waals surface area contributed by atoms with Gasteiger partial charge in [0, 0.05) is 18.5 Å². The van der Waals surface area contributed by atoms with Gasteiger partial charge in [-0.25, -0.2) is 8.42 Å². The van der Waals surface area contributed by atoms with Crippen molar-refractivity contribution in [2.75, 3.05) is 13.1 Å². The molecule has 1 aliphatic carbocycles. The van der Waals surface area contributed by atoms with Crippen LogP contribution in [0.1, 0.15) is 25.3 Å². The van der Waals surface area contributed by atoms with Crippen molar-refractivity contribution in [3.8, 4) is 0 Å². The lowest BCUT2D eigenvalue weighted by Crippen LogP contribution is -2.30. The van der Waals surface area contributed by atoms with Gasteiger partial charge in [-0.2, -0.15) is 4.31 Å². The second-order valence-corrected chi connectivity index (χ2v) is 8.23. The van der Waals surface area contributed by atoms with E-state index < -0.39 is 10.0 Å². The number of nitrogens with zero attached hydrogens (tertiary/aromatic N) is 1. The van der Waals surface area contributed by atoms with Crippen molar-refractivity contribution in [3.63, 3.8) is 0 Å². The van der Waals surface area contributed by atoms with Crippen LogP contribution in [0.25, 0.3) is 0 Å². The Labute approximate surface area is 121 Å². The van der Waals surface area contributed by atoms with Gasteiger partial charge in [0.25, 0.3) is 0 Å². The number of aryl methyl sites for hydroxylation is 1. The Morgan fingerprint density at radius 2 is 1.95 bits per heavy atom. The molecule has 1 fully saturated rings. The molecule has 3 nitrogen and oxygen atoms in total. The molecule has 0 spiro atoms. The topological polar surface area (TPSA) is 37.4 Å². The number of sulfonamides is 1. The quantitative estimate of drug-likeness (QED) is 0.786. The van der Waals surface area contributed by atoms with Gasteiger partial charge in [-0.3, -0.25) is 0 Å². The van der Waals surface area contributed by atoms with Gasteiger partial charge in [0.2, 0.25) is 10.0 Å². The number of hydrogen-bond acceptors (Lipinski definition) is 2. The first-order valence-corrected chi connectivity index (χ1v) is 8.60. The third-order valence-electron chi connectivity index (χ3n) is 4.71. The molecule has 0 radical (unpaired) electrons. The van der Waals surface area contributed by atoms with Crippen LogP contribution in [0.5, 0.6) is 0 Å². The summed E-state index contributed by atoms with van der Waals surface area (Å²) < 4.78 is 27.1. The zero-order valence-corrected chi connectivity index (χ0v) is 12.9. The monoisotopic (exact) mass is 291 g/mol. The van der Waals surface area contributed by atoms with E-state index in [1.165, 1.54) is 0 Å². The van der Waals surface area contributed by atoms with Crippen molar-refractivity contribution in [2.24, 2.45) is 11.3 Å². The van der Waals surface area contributed by atoms with Crippen LogP contribution in [0, 0.1) is 18.3 Å². The predicted molar refractivity (Wildman–Crippen MR) is 79.9 cm³/mol. The standard InChI is InChI=1S/C16H21NO2S/c1-13-6-8-15(9-7-13)20(18,19)17-11-14-5-3-4-10-16(14,2)12-17/h4,6-10,14H,3,5,11-12H2,1-2H3/t14-,16+/m0/s1. The first kappa shape index (κ1) is 13.8. The molecule has 2 atom stereocenters. The van der Waals surface area contributed by atoms with Gasteiger partial charge < -0.3 is 0 Å². The number of hydrogen-bond donors (Lipinski definition) is 0. The summed E-state index contributed by atoms with van der Waals surface area (Å²) in [6, 6.07) is 7.14. The third-order valence-corrected chi connectivity index (χ3v) is 6.54. The van der Waals surface area contributed by atoms with Crippen molar-refractivity contribution in [1.29, 1.82) is 0 Å². The molecule has 1 heterocycles. The van der Waals surface area contributed by atoms with E-state index in [1.807, 2.05) is 19.1 Å². The van der Waals surface area contributed by atoms with Crippen LogP contribution in [0.2, 0.25) is 0 Å². The summed E-state index contributed by atoms with van der Waals surface area (Å²) in [7, 11) is -3.35. The summed E-state index contributed by atoms with van der Waals surface area (Å²) in [6.07, 6.45) is 6.57. The number of benzene rings is 1. The van der Waals surface area contributed by atoms with Gasteiger partial charge in [0.1, 0.15) is 0 Å². The molecule has 1 saturated heterocycles. The molecule has 1 aromatic rings. The molecule has 0 amide bonds. The molecule has 0 bridgehead atoms. The molecule has 0 unspecified atom stereocenters. The Morgan fingerprint density at radius 3 is 2.60 bits per heavy atom. The Hall–Kier alpha value is -1.13. The fourth-order valence-electron chi connectivity index (χ4n) is 3.33. The van der Waals surface area contributed by atoms with Gasteiger partial charge in [-0.1, -0.05) is 36.8 Å². The van der Waals surface area contributed by atoms with Gasteiger partial charge in [-0.05, 0) is 37.8 Å². The number of rotatable bonds is 2. The first-order chi connectivity index (χ1) is 9.42. The van der Waals surface area contributed by atoms with E-state index >= 15 is 0 Å². The summed E-state index contributed by atoms with van der Waals surface area (Å²) in [5, 5.41) is 0. The summed E-state index contributed by atoms with van der Waals surface area (Å²) in [6.45, 7) is 5.39. The fraction of sp³-hybridized carbons (Fsp3) is 0.500. The van der Waals surface area contributed by atoms with Crippen molar-refractivity contribution in [2.45, 2.75) is 31.6 Å². The van der Waals surface area contributed by atoms with E-state index in [-0.39, 0.29) is 5.41 Å². The van der Waals surface area contributed by atoms with Crippen LogP contribution >= 0.6 is 0 Å². The van der Waals surface area contributed by atoms with Crippen LogP contribution in [0.4, 0.5) is 0 Å². The molecule has 2 aliphatic rings. The smallest absolute Gasteiger partial charge is 0.207 e. The molecule has 20 heavy (non-hydrogen) atoms. The van der Waals surface area contributed by atoms with Crippen LogP contribution in [0.3, 0.4) is 0 Å². The maximum absolute atomic E-state index is 12.7. The molecule has 3 rings (SSSR count). The second-order valence-electron chi connectivity index (χ2n) is 6.29. The van der Waals surface area contributed by atoms with Crippen LogP contribution in [0.15, 0.2) is 41.3 Å². The maximum Gasteiger partial charge on any atom is 0.243 e. The molecular weight excluding hydrogens is 270 g/mol. The molecule has 0 saturated carbocycles. The van der Waals surface area contributed by atoms with E-state index in [0.717, 1.165) is 18.4 Å². The van der Waals surface area contributed by atoms with E-state index in [0.29, 0.717) is 23.9 Å². The first-order valence-electron chi connectivity index (χ1n) is 7.16. The minimum atomic E-state index is -3.35. The third kappa shape index (κ3) is 2.21. The van der Waals surface area contributed by atoms with Crippen LogP contribution in [-0.2, 0) is 10.0 Å². The lowest BCUT2D eigenvalue weighted by Gasteiger charge is -2.29. The Kier molecular flexibility index (Phi) is 3.26. The van der Waals surface area contributed by atoms with E-state index in [1.54, 1.807) is 16.4 Å². The Bertz CT molecular complexity index is 633. The van der Waals surface area contributed by atoms with Crippen molar-refractivity contribution < 1.29 is 8.42 Å². The van der Waals surface area contributed by atoms with E-state index in [9.17, 15) is 8.42 Å². The summed E-state index contributed by atoms with van der Waals surface area (Å²) in [4.78, 5) is 0.411. The molecular formula is C16H21NO2S. The fourth-order valence-corrected chi connectivity index (χ4v) is 4.93. The molecule has 108 valence electrons. The Morgan fingerprint density at radius 1 is 1.25 bits per heavy atom. The van der Waals surface area contributed by atoms with E-state index in [2.05, 4.69) is 19.1 Å². The summed E-state index contributed by atoms with van der Waals surface area (Å²) in [5.41, 5.74) is 1.09. The lowest BCUT2D eigenvalue weighted by atomic mass is 9.74. The molecule has 1 aromatic carbocycles. The highest BCUT2D eigenvalue weighted by atomic mass is 32.2. The zero-order valence-electron chi connectivity index (χ0n) is 12.0. The second kappa shape index (κ2) is 4.71. The van der Waals surface area contributed by atoms with Crippen LogP contribution < -0.4 is 0 Å². The van der Waals surface area contributed by atoms with Gasteiger partial charge in [0.15, 0.2) is 0 Å². The highest BCUT2D eigenvalue weighted by molar-refractivity contribution is 7.89. The summed E-state index contributed by atoms with van der Waals surface area (Å²) >= 11 is 0. The SMILES string of the molecule is Cc1ccc(S(=O)(=O)N2C[C@@H]3CCC=C[C@]3(C)C2)cc1. The van der Waals surface area contributed by atoms with Gasteiger partial charge in [0.05, 0.1) is 4.90 Å². The largest absolute Gasteiger partial charge is 0.243 e. The van der Waals surface area contributed by atoms with Crippen molar-refractivity contribution in [3.05, 3.63) is 42.0 Å². The Balaban J connectivity index is 1.90. The average Bonchev–Trinajstić information content (AvgIpc) is 2.77. The normalized spacial score (nSPS) is 30.4. The molecule has 0 N–H and O–H groups in total. The van der Waals surface area contributed by atoms with E-state index in [4.69, 9.17) is 0 Å². The average molecular weight is 291 g/mol. The maximum atomic E-state index is 12.7. The number of allylic oxidation sites excluding steroid dienone is 1. The zero-order chi connectivity index (χ0) is 14.4. The lowest BCUT2D eigenvalue weighted by molar-refractivity contribution is 0.304. The molecule has 4 heteroatoms. The minimum Gasteiger partial charge on any atom is -0.207 e. The van der Waals surface area contributed by atoms with Gasteiger partial charge >= 0.3 is 0 Å². The molecule has 0 aromatic heterocycles. The van der Waals surface area contributed by atoms with Crippen LogP contribution in [-0.4, -0.2) is 25.8 Å².